The first-order chi connectivity index (χ1) is 32.2. The average Bonchev–Trinajstić information content (AvgIpc) is 4.05. The number of pyridine rings is 1. The summed E-state index contributed by atoms with van der Waals surface area (Å²) in [6, 6.07) is 7.39. The van der Waals surface area contributed by atoms with Gasteiger partial charge in [-0.2, -0.15) is 9.97 Å². The van der Waals surface area contributed by atoms with Gasteiger partial charge in [0.05, 0.1) is 37.9 Å². The summed E-state index contributed by atoms with van der Waals surface area (Å²) in [6.07, 6.45) is 15.8. The maximum absolute atomic E-state index is 17.7. The predicted molar refractivity (Wildman–Crippen MR) is 243 cm³/mol. The number of unbranched alkanes of at least 4 members (excludes halogenated alkanes) is 6. The number of morpholine rings is 1. The van der Waals surface area contributed by atoms with E-state index >= 15 is 4.39 Å². The molecule has 16 nitrogen and oxygen atoms in total. The van der Waals surface area contributed by atoms with Crippen LogP contribution in [0.25, 0.3) is 32.9 Å². The van der Waals surface area contributed by atoms with E-state index in [1.54, 1.807) is 29.2 Å². The van der Waals surface area contributed by atoms with Gasteiger partial charge in [0.15, 0.2) is 5.82 Å². The van der Waals surface area contributed by atoms with Gasteiger partial charge in [0, 0.05) is 61.6 Å². The number of terminal acetylenes is 1. The number of benzene rings is 2. The van der Waals surface area contributed by atoms with Gasteiger partial charge in [-0.1, -0.05) is 63.5 Å². The minimum atomic E-state index is -0.768. The molecule has 2 aromatic carbocycles. The molecule has 9 rings (SSSR count). The highest BCUT2D eigenvalue weighted by Crippen LogP contribution is 2.49. The van der Waals surface area contributed by atoms with Crippen LogP contribution < -0.4 is 24.4 Å². The number of fused-ring (bicyclic) bond motifs is 6. The molecule has 3 saturated heterocycles. The number of halogens is 1. The Morgan fingerprint density at radius 3 is 2.56 bits per heavy atom. The Hall–Kier alpha value is -5.99. The molecule has 4 aromatic rings. The Morgan fingerprint density at radius 1 is 0.985 bits per heavy atom. The Bertz CT molecular complexity index is 2510. The fourth-order valence-electron chi connectivity index (χ4n) is 10.0. The molecule has 4 fully saturated rings. The smallest absolute Gasteiger partial charge is 0.413 e. The van der Waals surface area contributed by atoms with Gasteiger partial charge in [-0.15, -0.1) is 6.42 Å². The van der Waals surface area contributed by atoms with E-state index in [0.717, 1.165) is 58.2 Å². The summed E-state index contributed by atoms with van der Waals surface area (Å²) >= 11 is 0. The summed E-state index contributed by atoms with van der Waals surface area (Å²) in [5, 5.41) is 3.83. The molecule has 17 heteroatoms. The molecule has 0 spiro atoms. The highest BCUT2D eigenvalue weighted by Gasteiger charge is 2.52. The van der Waals surface area contributed by atoms with Crippen LogP contribution in [0, 0.1) is 23.6 Å². The molecule has 350 valence electrons. The second-order valence-corrected chi connectivity index (χ2v) is 18.1. The number of hydrogen-bond acceptors (Lipinski definition) is 14. The highest BCUT2D eigenvalue weighted by atomic mass is 19.1. The molecule has 66 heavy (non-hydrogen) atoms. The highest BCUT2D eigenvalue weighted by molar-refractivity contribution is 6.04. The first-order valence-corrected chi connectivity index (χ1v) is 23.5. The van der Waals surface area contributed by atoms with Crippen molar-refractivity contribution in [2.75, 3.05) is 71.3 Å². The number of carbonyl (C=O) groups is 3. The van der Waals surface area contributed by atoms with E-state index in [1.807, 2.05) is 0 Å². The van der Waals surface area contributed by atoms with Gasteiger partial charge in [-0.05, 0) is 55.7 Å². The van der Waals surface area contributed by atoms with Crippen molar-refractivity contribution in [2.45, 2.75) is 102 Å². The number of rotatable bonds is 17. The molecule has 0 radical (unpaired) electrons. The largest absolute Gasteiger partial charge is 0.475 e. The minimum absolute atomic E-state index is 0.00627. The first-order valence-electron chi connectivity index (χ1n) is 23.5. The molecule has 0 unspecified atom stereocenters. The Balaban J connectivity index is 1.02. The molecular weight excluding hydrogens is 850 g/mol. The average molecular weight is 908 g/mol. The summed E-state index contributed by atoms with van der Waals surface area (Å²) in [5.41, 5.74) is 0.466. The van der Waals surface area contributed by atoms with Crippen LogP contribution in [0.1, 0.15) is 89.5 Å². The van der Waals surface area contributed by atoms with Crippen LogP contribution in [0.3, 0.4) is 0 Å². The first kappa shape index (κ1) is 45.2. The maximum Gasteiger partial charge on any atom is 0.413 e. The lowest BCUT2D eigenvalue weighted by Crippen LogP contribution is -2.63. The van der Waals surface area contributed by atoms with Gasteiger partial charge in [0.25, 0.3) is 0 Å². The molecule has 5 aliphatic rings. The number of nitrogens with zero attached hydrogens (tertiary/aromatic N) is 6. The van der Waals surface area contributed by atoms with E-state index in [2.05, 4.69) is 28.0 Å². The Kier molecular flexibility index (Phi) is 13.6. The van der Waals surface area contributed by atoms with Crippen molar-refractivity contribution in [3.8, 4) is 41.2 Å². The van der Waals surface area contributed by atoms with Gasteiger partial charge in [-0.25, -0.2) is 19.0 Å². The van der Waals surface area contributed by atoms with Crippen molar-refractivity contribution < 1.29 is 47.2 Å². The summed E-state index contributed by atoms with van der Waals surface area (Å²) < 4.78 is 52.8. The maximum atomic E-state index is 17.7. The van der Waals surface area contributed by atoms with Gasteiger partial charge >= 0.3 is 24.2 Å². The van der Waals surface area contributed by atoms with Gasteiger partial charge in [0.2, 0.25) is 12.7 Å². The summed E-state index contributed by atoms with van der Waals surface area (Å²) in [7, 11) is 1.44. The van der Waals surface area contributed by atoms with Crippen LogP contribution in [0.15, 0.2) is 30.3 Å². The van der Waals surface area contributed by atoms with Crippen LogP contribution >= 0.6 is 0 Å². The molecule has 2 bridgehead atoms. The fraction of sp³-hybridized carbons (Fsp3) is 0.551. The third kappa shape index (κ3) is 9.48. The third-order valence-corrected chi connectivity index (χ3v) is 13.7. The van der Waals surface area contributed by atoms with Crippen molar-refractivity contribution in [3.63, 3.8) is 0 Å². The zero-order valence-corrected chi connectivity index (χ0v) is 37.8. The van der Waals surface area contributed by atoms with Crippen LogP contribution in [0.2, 0.25) is 0 Å². The molecule has 2 aromatic heterocycles. The van der Waals surface area contributed by atoms with E-state index in [1.165, 1.54) is 32.4 Å². The van der Waals surface area contributed by atoms with E-state index in [9.17, 15) is 14.4 Å². The lowest BCUT2D eigenvalue weighted by atomic mass is 9.96. The minimum Gasteiger partial charge on any atom is -0.475 e. The number of esters is 1. The third-order valence-electron chi connectivity index (χ3n) is 13.7. The number of ether oxygens (including phenoxy) is 6. The van der Waals surface area contributed by atoms with Gasteiger partial charge < -0.3 is 38.6 Å². The number of aromatic nitrogens is 3. The Morgan fingerprint density at radius 2 is 1.79 bits per heavy atom. The second kappa shape index (κ2) is 19.9. The molecule has 6 heterocycles. The second-order valence-electron chi connectivity index (χ2n) is 18.1. The van der Waals surface area contributed by atoms with E-state index in [0.29, 0.717) is 61.4 Å². The molecule has 1 N–H and O–H groups in total. The standard InChI is InChI=1S/C49H58FN7O9/c1-4-6-7-8-9-10-11-15-38(58)64-30-65-48(60)57-33-16-17-36(57)37-27-62-45-40-43(53-46(54-44(40)56(37)26-33)63-29-49(18-19-49)28-55-20-22-61-23-21-55)41(50)42(52-45)35-25-34(66-47(59)51-3)24-32-14-12-13-31(5-2)39(32)35/h2,12-14,24-25,33,36-37H,4,6-11,15-23,26-30H2,1,3H3,(H,51,59)/t33-,36+,37-/m1/s1. The summed E-state index contributed by atoms with van der Waals surface area (Å²) in [5.74, 6) is 2.16. The fourth-order valence-corrected chi connectivity index (χ4v) is 10.0. The molecule has 1 aliphatic carbocycles. The molecule has 4 aliphatic heterocycles. The van der Waals surface area contributed by atoms with Gasteiger partial charge in [-0.3, -0.25) is 14.6 Å². The van der Waals surface area contributed by atoms with E-state index in [-0.39, 0.29) is 70.3 Å². The number of piperazine rings is 1. The quantitative estimate of drug-likeness (QED) is 0.0483. The number of anilines is 1. The zero-order valence-electron chi connectivity index (χ0n) is 37.8. The van der Waals surface area contributed by atoms with Crippen LogP contribution in [0.5, 0.6) is 17.6 Å². The molecule has 3 atom stereocenters. The predicted octanol–water partition coefficient (Wildman–Crippen LogP) is 7.37. The normalized spacial score (nSPS) is 20.5. The van der Waals surface area contributed by atoms with Crippen molar-refractivity contribution >= 4 is 45.6 Å². The van der Waals surface area contributed by atoms with Crippen molar-refractivity contribution in [2.24, 2.45) is 5.41 Å². The molecule has 1 saturated carbocycles. The van der Waals surface area contributed by atoms with E-state index in [4.69, 9.17) is 49.8 Å². The van der Waals surface area contributed by atoms with Crippen LogP contribution in [-0.4, -0.2) is 127 Å². The number of hydrogen-bond donors (Lipinski definition) is 1. The van der Waals surface area contributed by atoms with Crippen molar-refractivity contribution in [3.05, 3.63) is 41.7 Å². The van der Waals surface area contributed by atoms with E-state index < -0.39 is 36.8 Å². The van der Waals surface area contributed by atoms with Crippen LogP contribution in [-0.2, 0) is 19.0 Å². The monoisotopic (exact) mass is 907 g/mol. The lowest BCUT2D eigenvalue weighted by molar-refractivity contribution is -0.152. The Labute approximate surface area is 383 Å². The number of carbonyl (C=O) groups excluding carboxylic acids is 3. The summed E-state index contributed by atoms with van der Waals surface area (Å²) in [4.78, 5) is 59.5. The topological polar surface area (TPSA) is 167 Å². The lowest BCUT2D eigenvalue weighted by Gasteiger charge is -2.45. The van der Waals surface area contributed by atoms with Crippen LogP contribution in [0.4, 0.5) is 19.8 Å². The molecule has 2 amide bonds. The SMILES string of the molecule is C#Cc1cccc2cc(OC(=O)NC)cc(-c3nc4c5c(nc(OCC6(CN7CCOCC7)CC6)nc5c3F)N3C[C@H]5CC[C@@H]([C@H]3CO4)N5C(=O)OCOC(=O)CCCCCCCCC)c12. The molecular formula is C49H58FN7O9. The van der Waals surface area contributed by atoms with Crippen molar-refractivity contribution in [1.82, 2.24) is 30.1 Å². The number of nitrogens with one attached hydrogen (secondary N) is 1. The summed E-state index contributed by atoms with van der Waals surface area (Å²) in [6.45, 7) is 6.37. The van der Waals surface area contributed by atoms with Gasteiger partial charge in [0.1, 0.15) is 34.8 Å². The number of amides is 2. The van der Waals surface area contributed by atoms with Crippen molar-refractivity contribution in [1.29, 1.82) is 0 Å². The zero-order chi connectivity index (χ0) is 45.8.